The molecule has 4 rings (SSSR count). The van der Waals surface area contributed by atoms with Gasteiger partial charge < -0.3 is 14.6 Å². The maximum atomic E-state index is 12.6. The predicted molar refractivity (Wildman–Crippen MR) is 91.4 cm³/mol. The average molecular weight is 345 g/mol. The summed E-state index contributed by atoms with van der Waals surface area (Å²) in [6, 6.07) is 1.68. The molecule has 4 heterocycles. The second-order valence-corrected chi connectivity index (χ2v) is 6.66. The molecule has 2 saturated heterocycles. The molecule has 8 nitrogen and oxygen atoms in total. The van der Waals surface area contributed by atoms with E-state index in [2.05, 4.69) is 14.9 Å². The van der Waals surface area contributed by atoms with Crippen LogP contribution < -0.4 is 5.56 Å². The van der Waals surface area contributed by atoms with Gasteiger partial charge in [-0.15, -0.1) is 0 Å². The number of piperidine rings is 1. The molecule has 2 aromatic heterocycles. The van der Waals surface area contributed by atoms with Gasteiger partial charge in [-0.1, -0.05) is 6.42 Å². The van der Waals surface area contributed by atoms with Gasteiger partial charge in [0.05, 0.1) is 25.8 Å². The van der Waals surface area contributed by atoms with E-state index in [-0.39, 0.29) is 17.5 Å². The summed E-state index contributed by atoms with van der Waals surface area (Å²) in [5.74, 6) is 0.687. The summed E-state index contributed by atoms with van der Waals surface area (Å²) in [6.07, 6.45) is 6.36. The van der Waals surface area contributed by atoms with E-state index in [1.807, 2.05) is 4.90 Å². The highest BCUT2D eigenvalue weighted by Crippen LogP contribution is 2.29. The molecule has 1 unspecified atom stereocenters. The minimum atomic E-state index is -0.0914. The normalized spacial score (nSPS) is 22.4. The number of aromatic nitrogens is 3. The van der Waals surface area contributed by atoms with Crippen LogP contribution in [-0.2, 0) is 9.53 Å². The number of imidazole rings is 1. The van der Waals surface area contributed by atoms with Crippen molar-refractivity contribution in [1.82, 2.24) is 24.2 Å². The number of rotatable bonds is 3. The van der Waals surface area contributed by atoms with Gasteiger partial charge in [-0.05, 0) is 19.4 Å². The first-order valence-corrected chi connectivity index (χ1v) is 8.88. The van der Waals surface area contributed by atoms with Gasteiger partial charge in [0.25, 0.3) is 5.56 Å². The Morgan fingerprint density at radius 3 is 2.96 bits per heavy atom. The molecule has 2 fully saturated rings. The summed E-state index contributed by atoms with van der Waals surface area (Å²) in [5.41, 5.74) is 0.754. The topological polar surface area (TPSA) is 82.9 Å². The average Bonchev–Trinajstić information content (AvgIpc) is 3.12. The van der Waals surface area contributed by atoms with Crippen molar-refractivity contribution >= 4 is 11.7 Å². The van der Waals surface area contributed by atoms with Gasteiger partial charge in [-0.3, -0.25) is 18.9 Å². The third kappa shape index (κ3) is 3.32. The molecule has 1 atom stereocenters. The van der Waals surface area contributed by atoms with E-state index < -0.39 is 0 Å². The zero-order valence-electron chi connectivity index (χ0n) is 14.2. The lowest BCUT2D eigenvalue weighted by Gasteiger charge is -2.37. The summed E-state index contributed by atoms with van der Waals surface area (Å²) in [6.45, 7) is 3.79. The third-order valence-electron chi connectivity index (χ3n) is 5.09. The molecular formula is C17H23N5O3. The Labute approximate surface area is 145 Å². The summed E-state index contributed by atoms with van der Waals surface area (Å²) < 4.78 is 6.82. The van der Waals surface area contributed by atoms with Crippen LogP contribution in [-0.4, -0.2) is 69.5 Å². The van der Waals surface area contributed by atoms with Gasteiger partial charge in [-0.25, -0.2) is 4.98 Å². The minimum absolute atomic E-state index is 0.0492. The summed E-state index contributed by atoms with van der Waals surface area (Å²) >= 11 is 0. The molecule has 2 aliphatic rings. The first kappa shape index (κ1) is 16.3. The number of likely N-dealkylation sites (tertiary alicyclic amines) is 1. The van der Waals surface area contributed by atoms with Crippen molar-refractivity contribution in [1.29, 1.82) is 0 Å². The number of morpholine rings is 1. The number of H-pyrrole nitrogens is 1. The lowest BCUT2D eigenvalue weighted by Crippen LogP contribution is -2.47. The molecule has 0 saturated carbocycles. The molecule has 134 valence electrons. The zero-order chi connectivity index (χ0) is 17.2. The van der Waals surface area contributed by atoms with E-state index in [0.717, 1.165) is 31.5 Å². The Kier molecular flexibility index (Phi) is 4.54. The highest BCUT2D eigenvalue weighted by Gasteiger charge is 2.29. The number of fused-ring (bicyclic) bond motifs is 1. The standard InChI is InChI=1S/C17H23N5O3/c23-15-11-13(19-17-18-4-6-22(15)17)14-3-1-2-5-21(14)12-16(24)20-7-9-25-10-8-20/h4,6,11,14H,1-3,5,7-10,12H2,(H,18,19). The lowest BCUT2D eigenvalue weighted by atomic mass is 9.99. The fraction of sp³-hybridized carbons (Fsp3) is 0.588. The first-order chi connectivity index (χ1) is 12.2. The number of carbonyl (C=O) groups excluding carboxylic acids is 1. The van der Waals surface area contributed by atoms with Crippen LogP contribution >= 0.6 is 0 Å². The maximum absolute atomic E-state index is 12.6. The van der Waals surface area contributed by atoms with Gasteiger partial charge in [0.15, 0.2) is 0 Å². The van der Waals surface area contributed by atoms with Crippen molar-refractivity contribution in [2.45, 2.75) is 25.3 Å². The van der Waals surface area contributed by atoms with Crippen molar-refractivity contribution in [3.05, 3.63) is 34.5 Å². The van der Waals surface area contributed by atoms with Crippen LogP contribution in [0.4, 0.5) is 0 Å². The van der Waals surface area contributed by atoms with Gasteiger partial charge >= 0.3 is 0 Å². The number of carbonyl (C=O) groups is 1. The number of hydrogen-bond donors (Lipinski definition) is 1. The minimum Gasteiger partial charge on any atom is -0.378 e. The third-order valence-corrected chi connectivity index (χ3v) is 5.09. The van der Waals surface area contributed by atoms with Crippen LogP contribution in [0, 0.1) is 0 Å². The number of ether oxygens (including phenoxy) is 1. The zero-order valence-corrected chi connectivity index (χ0v) is 14.2. The molecule has 1 amide bonds. The monoisotopic (exact) mass is 345 g/mol. The van der Waals surface area contributed by atoms with Crippen molar-refractivity contribution in [3.8, 4) is 0 Å². The maximum Gasteiger partial charge on any atom is 0.259 e. The van der Waals surface area contributed by atoms with Gasteiger partial charge in [0, 0.05) is 37.2 Å². The molecule has 2 aromatic rings. The van der Waals surface area contributed by atoms with Crippen molar-refractivity contribution in [2.24, 2.45) is 0 Å². The first-order valence-electron chi connectivity index (χ1n) is 8.88. The Balaban J connectivity index is 1.55. The van der Waals surface area contributed by atoms with Crippen LogP contribution in [0.1, 0.15) is 31.0 Å². The summed E-state index contributed by atoms with van der Waals surface area (Å²) in [7, 11) is 0. The highest BCUT2D eigenvalue weighted by molar-refractivity contribution is 5.78. The van der Waals surface area contributed by atoms with Crippen LogP contribution in [0.25, 0.3) is 5.78 Å². The van der Waals surface area contributed by atoms with E-state index in [4.69, 9.17) is 4.74 Å². The van der Waals surface area contributed by atoms with E-state index in [1.165, 1.54) is 4.40 Å². The molecule has 8 heteroatoms. The van der Waals surface area contributed by atoms with E-state index in [0.29, 0.717) is 38.6 Å². The number of aromatic amines is 1. The van der Waals surface area contributed by atoms with E-state index in [1.54, 1.807) is 18.5 Å². The van der Waals surface area contributed by atoms with Crippen LogP contribution in [0.15, 0.2) is 23.3 Å². The molecule has 1 N–H and O–H groups in total. The SMILES string of the molecule is O=C(CN1CCCCC1c1cc(=O)n2ccnc2[nH]1)N1CCOCC1. The number of nitrogens with one attached hydrogen (secondary N) is 1. The molecule has 0 radical (unpaired) electrons. The number of nitrogens with zero attached hydrogens (tertiary/aromatic N) is 4. The number of hydrogen-bond acceptors (Lipinski definition) is 5. The van der Waals surface area contributed by atoms with Crippen molar-refractivity contribution in [2.75, 3.05) is 39.4 Å². The fourth-order valence-electron chi connectivity index (χ4n) is 3.74. The van der Waals surface area contributed by atoms with Crippen molar-refractivity contribution < 1.29 is 9.53 Å². The molecule has 0 spiro atoms. The van der Waals surface area contributed by atoms with E-state index >= 15 is 0 Å². The molecule has 0 aliphatic carbocycles. The quantitative estimate of drug-likeness (QED) is 0.871. The second kappa shape index (κ2) is 6.97. The van der Waals surface area contributed by atoms with Gasteiger partial charge in [0.2, 0.25) is 11.7 Å². The molecular weight excluding hydrogens is 322 g/mol. The van der Waals surface area contributed by atoms with E-state index in [9.17, 15) is 9.59 Å². The van der Waals surface area contributed by atoms with Crippen LogP contribution in [0.3, 0.4) is 0 Å². The molecule has 25 heavy (non-hydrogen) atoms. The lowest BCUT2D eigenvalue weighted by molar-refractivity contribution is -0.137. The Morgan fingerprint density at radius 2 is 2.12 bits per heavy atom. The Hall–Kier alpha value is -2.19. The highest BCUT2D eigenvalue weighted by atomic mass is 16.5. The smallest absolute Gasteiger partial charge is 0.259 e. The summed E-state index contributed by atoms with van der Waals surface area (Å²) in [4.78, 5) is 36.4. The molecule has 0 bridgehead atoms. The molecule has 0 aromatic carbocycles. The van der Waals surface area contributed by atoms with Crippen LogP contribution in [0.5, 0.6) is 0 Å². The number of amides is 1. The van der Waals surface area contributed by atoms with Crippen molar-refractivity contribution in [3.63, 3.8) is 0 Å². The largest absolute Gasteiger partial charge is 0.378 e. The van der Waals surface area contributed by atoms with Gasteiger partial charge in [-0.2, -0.15) is 0 Å². The van der Waals surface area contributed by atoms with Crippen LogP contribution in [0.2, 0.25) is 0 Å². The molecule has 2 aliphatic heterocycles. The fourth-order valence-corrected chi connectivity index (χ4v) is 3.74. The van der Waals surface area contributed by atoms with Gasteiger partial charge in [0.1, 0.15) is 0 Å². The Morgan fingerprint density at radius 1 is 1.28 bits per heavy atom. The Bertz CT molecular complexity index is 808. The second-order valence-electron chi connectivity index (χ2n) is 6.66. The summed E-state index contributed by atoms with van der Waals surface area (Å²) in [5, 5.41) is 0. The predicted octanol–water partition coefficient (Wildman–Crippen LogP) is 0.408.